The van der Waals surface area contributed by atoms with E-state index in [0.717, 1.165) is 53.3 Å². The minimum absolute atomic E-state index is 0.141. The van der Waals surface area contributed by atoms with Gasteiger partial charge in [0.05, 0.1) is 24.2 Å². The number of nitrogens with one attached hydrogen (secondary N) is 2. The smallest absolute Gasteiger partial charge is 0.198 e. The van der Waals surface area contributed by atoms with Gasteiger partial charge in [-0.15, -0.1) is 0 Å². The van der Waals surface area contributed by atoms with Crippen LogP contribution in [0.3, 0.4) is 0 Å². The lowest BCUT2D eigenvalue weighted by Gasteiger charge is -2.28. The van der Waals surface area contributed by atoms with Crippen molar-refractivity contribution in [1.29, 1.82) is 0 Å². The number of fused-ring (bicyclic) bond motifs is 1. The summed E-state index contributed by atoms with van der Waals surface area (Å²) in [6.45, 7) is 9.44. The summed E-state index contributed by atoms with van der Waals surface area (Å²) in [4.78, 5) is 17.9. The van der Waals surface area contributed by atoms with E-state index in [4.69, 9.17) is 11.6 Å². The number of hydrogen-bond acceptors (Lipinski definition) is 1. The molecule has 2 atom stereocenters. The SMILES string of the molecule is Cc1[nH]c2c(C)cc(Cl)cc2c(=O)c1C[NH+]1CCCC(C)C1. The molecule has 0 saturated carbocycles. The number of halogens is 1. The number of pyridine rings is 1. The van der Waals surface area contributed by atoms with Crippen LogP contribution < -0.4 is 10.3 Å². The van der Waals surface area contributed by atoms with E-state index >= 15 is 0 Å². The zero-order valence-corrected chi connectivity index (χ0v) is 14.3. The Hall–Kier alpha value is -1.32. The van der Waals surface area contributed by atoms with Crippen molar-refractivity contribution in [1.82, 2.24) is 4.98 Å². The highest BCUT2D eigenvalue weighted by Gasteiger charge is 2.22. The van der Waals surface area contributed by atoms with Crippen molar-refractivity contribution >= 4 is 22.5 Å². The van der Waals surface area contributed by atoms with Crippen LogP contribution in [0, 0.1) is 19.8 Å². The zero-order chi connectivity index (χ0) is 15.9. The Morgan fingerprint density at radius 3 is 2.86 bits per heavy atom. The molecule has 118 valence electrons. The number of H-pyrrole nitrogens is 1. The van der Waals surface area contributed by atoms with Gasteiger partial charge in [-0.1, -0.05) is 18.5 Å². The van der Waals surface area contributed by atoms with Gasteiger partial charge in [-0.05, 0) is 44.4 Å². The quantitative estimate of drug-likeness (QED) is 0.877. The number of piperidine rings is 1. The molecule has 1 aliphatic heterocycles. The van der Waals surface area contributed by atoms with Gasteiger partial charge in [0.15, 0.2) is 5.43 Å². The molecule has 22 heavy (non-hydrogen) atoms. The van der Waals surface area contributed by atoms with Gasteiger partial charge < -0.3 is 9.88 Å². The van der Waals surface area contributed by atoms with Crippen LogP contribution in [0.2, 0.25) is 5.02 Å². The molecule has 2 N–H and O–H groups in total. The first kappa shape index (κ1) is 15.6. The minimum Gasteiger partial charge on any atom is -0.358 e. The van der Waals surface area contributed by atoms with Gasteiger partial charge in [-0.2, -0.15) is 0 Å². The van der Waals surface area contributed by atoms with Crippen LogP contribution in [0.25, 0.3) is 10.9 Å². The average molecular weight is 320 g/mol. The molecule has 1 aliphatic rings. The summed E-state index contributed by atoms with van der Waals surface area (Å²) in [5, 5.41) is 1.35. The molecule has 0 aliphatic carbocycles. The molecule has 0 amide bonds. The Balaban J connectivity index is 2.04. The van der Waals surface area contributed by atoms with Gasteiger partial charge >= 0.3 is 0 Å². The van der Waals surface area contributed by atoms with E-state index in [0.29, 0.717) is 5.02 Å². The summed E-state index contributed by atoms with van der Waals surface area (Å²) in [6.07, 6.45) is 2.57. The van der Waals surface area contributed by atoms with Gasteiger partial charge in [0.25, 0.3) is 0 Å². The molecule has 2 unspecified atom stereocenters. The second-order valence-corrected chi connectivity index (χ2v) is 7.27. The first-order chi connectivity index (χ1) is 10.5. The Labute approximate surface area is 136 Å². The highest BCUT2D eigenvalue weighted by Crippen LogP contribution is 2.21. The van der Waals surface area contributed by atoms with Crippen molar-refractivity contribution in [3.05, 3.63) is 44.2 Å². The van der Waals surface area contributed by atoms with Gasteiger partial charge in [0, 0.05) is 22.0 Å². The molecular formula is C18H24ClN2O+. The first-order valence-electron chi connectivity index (χ1n) is 8.11. The van der Waals surface area contributed by atoms with E-state index in [2.05, 4.69) is 11.9 Å². The number of aromatic nitrogens is 1. The molecule has 4 heteroatoms. The Kier molecular flexibility index (Phi) is 4.28. The summed E-state index contributed by atoms with van der Waals surface area (Å²) in [5.74, 6) is 0.750. The average Bonchev–Trinajstić information content (AvgIpc) is 2.45. The van der Waals surface area contributed by atoms with Crippen LogP contribution >= 0.6 is 11.6 Å². The number of quaternary nitrogens is 1. The third kappa shape index (κ3) is 2.92. The van der Waals surface area contributed by atoms with Crippen molar-refractivity contribution in [2.24, 2.45) is 5.92 Å². The highest BCUT2D eigenvalue weighted by atomic mass is 35.5. The number of hydrogen-bond donors (Lipinski definition) is 2. The lowest BCUT2D eigenvalue weighted by molar-refractivity contribution is -0.922. The normalized spacial score (nSPS) is 22.2. The van der Waals surface area contributed by atoms with Crippen LogP contribution in [0.1, 0.15) is 36.6 Å². The number of aryl methyl sites for hydroxylation is 2. The predicted molar refractivity (Wildman–Crippen MR) is 91.9 cm³/mol. The molecule has 1 aromatic heterocycles. The summed E-state index contributed by atoms with van der Waals surface area (Å²) in [5.41, 5.74) is 3.99. The summed E-state index contributed by atoms with van der Waals surface area (Å²) in [6, 6.07) is 3.69. The molecule has 2 heterocycles. The van der Waals surface area contributed by atoms with Gasteiger partial charge in [-0.25, -0.2) is 0 Å². The molecule has 3 rings (SSSR count). The van der Waals surface area contributed by atoms with Crippen LogP contribution in [0.5, 0.6) is 0 Å². The molecule has 1 fully saturated rings. The van der Waals surface area contributed by atoms with Gasteiger partial charge in [0.2, 0.25) is 0 Å². The molecular weight excluding hydrogens is 296 g/mol. The number of aromatic amines is 1. The Bertz CT molecular complexity index is 766. The van der Waals surface area contributed by atoms with Gasteiger partial charge in [0.1, 0.15) is 6.54 Å². The van der Waals surface area contributed by atoms with Crippen molar-refractivity contribution in [3.8, 4) is 0 Å². The monoisotopic (exact) mass is 319 g/mol. The van der Waals surface area contributed by atoms with E-state index in [1.165, 1.54) is 17.7 Å². The van der Waals surface area contributed by atoms with E-state index < -0.39 is 0 Å². The lowest BCUT2D eigenvalue weighted by Crippen LogP contribution is -3.12. The first-order valence-corrected chi connectivity index (χ1v) is 8.48. The van der Waals surface area contributed by atoms with E-state index in [1.54, 1.807) is 6.07 Å². The maximum absolute atomic E-state index is 12.9. The number of likely N-dealkylation sites (tertiary alicyclic amines) is 1. The molecule has 3 nitrogen and oxygen atoms in total. The molecule has 1 aromatic carbocycles. The topological polar surface area (TPSA) is 37.3 Å². The van der Waals surface area contributed by atoms with Crippen LogP contribution in [-0.2, 0) is 6.54 Å². The summed E-state index contributed by atoms with van der Waals surface area (Å²) >= 11 is 6.14. The molecule has 0 radical (unpaired) electrons. The summed E-state index contributed by atoms with van der Waals surface area (Å²) in [7, 11) is 0. The van der Waals surface area contributed by atoms with E-state index in [9.17, 15) is 4.79 Å². The fourth-order valence-corrected chi connectivity index (χ4v) is 3.98. The Morgan fingerprint density at radius 2 is 2.14 bits per heavy atom. The van der Waals surface area contributed by atoms with Gasteiger partial charge in [-0.3, -0.25) is 4.79 Å². The fraction of sp³-hybridized carbons (Fsp3) is 0.500. The predicted octanol–water partition coefficient (Wildman–Crippen LogP) is 2.61. The van der Waals surface area contributed by atoms with Crippen molar-refractivity contribution < 1.29 is 4.90 Å². The van der Waals surface area contributed by atoms with E-state index in [-0.39, 0.29) is 5.43 Å². The van der Waals surface area contributed by atoms with E-state index in [1.807, 2.05) is 19.9 Å². The van der Waals surface area contributed by atoms with Crippen LogP contribution in [0.15, 0.2) is 16.9 Å². The molecule has 0 spiro atoms. The third-order valence-electron chi connectivity index (χ3n) is 4.88. The molecule has 1 saturated heterocycles. The van der Waals surface area contributed by atoms with Crippen LogP contribution in [-0.4, -0.2) is 18.1 Å². The maximum atomic E-state index is 12.9. The minimum atomic E-state index is 0.141. The third-order valence-corrected chi connectivity index (χ3v) is 5.09. The fourth-order valence-electron chi connectivity index (χ4n) is 3.70. The van der Waals surface area contributed by atoms with Crippen molar-refractivity contribution in [3.63, 3.8) is 0 Å². The molecule has 2 aromatic rings. The second-order valence-electron chi connectivity index (χ2n) is 6.83. The van der Waals surface area contributed by atoms with Crippen molar-refractivity contribution in [2.45, 2.75) is 40.2 Å². The standard InChI is InChI=1S/C18H23ClN2O/c1-11-5-4-6-21(9-11)10-16-13(3)20-17-12(2)7-14(19)8-15(17)18(16)22/h7-8,11H,4-6,9-10H2,1-3H3,(H,20,22)/p+1. The number of benzene rings is 1. The lowest BCUT2D eigenvalue weighted by atomic mass is 9.99. The molecule has 0 bridgehead atoms. The maximum Gasteiger partial charge on any atom is 0.198 e. The second kappa shape index (κ2) is 6.05. The Morgan fingerprint density at radius 1 is 1.36 bits per heavy atom. The highest BCUT2D eigenvalue weighted by molar-refractivity contribution is 6.31. The zero-order valence-electron chi connectivity index (χ0n) is 13.6. The number of rotatable bonds is 2. The summed E-state index contributed by atoms with van der Waals surface area (Å²) < 4.78 is 0. The van der Waals surface area contributed by atoms with Crippen molar-refractivity contribution in [2.75, 3.05) is 13.1 Å². The van der Waals surface area contributed by atoms with Crippen LogP contribution in [0.4, 0.5) is 0 Å². The largest absolute Gasteiger partial charge is 0.358 e.